The van der Waals surface area contributed by atoms with Gasteiger partial charge in [0.25, 0.3) is 11.1 Å². The highest BCUT2D eigenvalue weighted by Crippen LogP contribution is 2.32. The van der Waals surface area contributed by atoms with Crippen molar-refractivity contribution in [2.45, 2.75) is 19.3 Å². The van der Waals surface area contributed by atoms with Crippen molar-refractivity contribution >= 4 is 46.3 Å². The summed E-state index contributed by atoms with van der Waals surface area (Å²) < 4.78 is 13.7. The number of hydrogen-bond acceptors (Lipinski definition) is 5. The average molecular weight is 440 g/mol. The Labute approximate surface area is 184 Å². The molecule has 2 aromatic carbocycles. The van der Waals surface area contributed by atoms with E-state index in [1.54, 1.807) is 12.1 Å². The standard InChI is InChI=1S/C23H22FN3O3S/c24-18-6-2-3-7-19(18)25-21(28)15-27-22(29)20(31-23(27)30)14-16-8-10-17(11-9-16)26-12-4-1-5-13-26/h2-3,6-11,14H,1,4-5,12-13,15H2,(H,25,28)/b20-14-. The maximum atomic E-state index is 13.7. The van der Waals surface area contributed by atoms with Crippen molar-refractivity contribution in [2.75, 3.05) is 29.9 Å². The van der Waals surface area contributed by atoms with Gasteiger partial charge in [0.1, 0.15) is 12.4 Å². The Bertz CT molecular complexity index is 1030. The van der Waals surface area contributed by atoms with E-state index in [0.717, 1.165) is 41.0 Å². The van der Waals surface area contributed by atoms with E-state index in [4.69, 9.17) is 0 Å². The van der Waals surface area contributed by atoms with Crippen LogP contribution in [0.3, 0.4) is 0 Å². The fraction of sp³-hybridized carbons (Fsp3) is 0.261. The maximum absolute atomic E-state index is 13.7. The fourth-order valence-corrected chi connectivity index (χ4v) is 4.46. The summed E-state index contributed by atoms with van der Waals surface area (Å²) in [6.07, 6.45) is 5.31. The highest BCUT2D eigenvalue weighted by molar-refractivity contribution is 8.18. The van der Waals surface area contributed by atoms with Crippen LogP contribution in [-0.4, -0.2) is 41.6 Å². The van der Waals surface area contributed by atoms with Crippen LogP contribution in [-0.2, 0) is 9.59 Å². The highest BCUT2D eigenvalue weighted by atomic mass is 32.2. The summed E-state index contributed by atoms with van der Waals surface area (Å²) in [5, 5.41) is 1.86. The van der Waals surface area contributed by atoms with Gasteiger partial charge in [-0.1, -0.05) is 24.3 Å². The summed E-state index contributed by atoms with van der Waals surface area (Å²) in [6.45, 7) is 1.63. The second kappa shape index (κ2) is 9.34. The number of anilines is 2. The number of nitrogens with zero attached hydrogens (tertiary/aromatic N) is 2. The van der Waals surface area contributed by atoms with Gasteiger partial charge in [0.05, 0.1) is 10.6 Å². The molecule has 2 heterocycles. The molecular formula is C23H22FN3O3S. The molecule has 2 aromatic rings. The first-order valence-corrected chi connectivity index (χ1v) is 11.0. The zero-order valence-electron chi connectivity index (χ0n) is 16.8. The van der Waals surface area contributed by atoms with Crippen LogP contribution in [0.2, 0.25) is 0 Å². The Balaban J connectivity index is 1.41. The maximum Gasteiger partial charge on any atom is 0.294 e. The molecule has 31 heavy (non-hydrogen) atoms. The first-order valence-electron chi connectivity index (χ1n) is 10.2. The Morgan fingerprint density at radius 2 is 1.74 bits per heavy atom. The van der Waals surface area contributed by atoms with E-state index in [1.807, 2.05) is 24.3 Å². The number of halogens is 1. The van der Waals surface area contributed by atoms with Gasteiger partial charge < -0.3 is 10.2 Å². The molecule has 6 nitrogen and oxygen atoms in total. The number of piperidine rings is 1. The Hall–Kier alpha value is -3.13. The van der Waals surface area contributed by atoms with Crippen LogP contribution in [0.4, 0.5) is 20.6 Å². The van der Waals surface area contributed by atoms with Crippen LogP contribution >= 0.6 is 11.8 Å². The molecule has 2 aliphatic rings. The van der Waals surface area contributed by atoms with Gasteiger partial charge in [0.15, 0.2) is 0 Å². The van der Waals surface area contributed by atoms with Crippen molar-refractivity contribution in [3.8, 4) is 0 Å². The quantitative estimate of drug-likeness (QED) is 0.695. The molecule has 0 aliphatic carbocycles. The van der Waals surface area contributed by atoms with E-state index in [1.165, 1.54) is 37.5 Å². The van der Waals surface area contributed by atoms with Gasteiger partial charge in [0.2, 0.25) is 5.91 Å². The summed E-state index contributed by atoms with van der Waals surface area (Å²) in [4.78, 5) is 40.6. The number of amides is 3. The van der Waals surface area contributed by atoms with Crippen molar-refractivity contribution < 1.29 is 18.8 Å². The van der Waals surface area contributed by atoms with Gasteiger partial charge in [-0.2, -0.15) is 0 Å². The van der Waals surface area contributed by atoms with Gasteiger partial charge >= 0.3 is 0 Å². The molecule has 0 aromatic heterocycles. The summed E-state index contributed by atoms with van der Waals surface area (Å²) in [5.41, 5.74) is 1.96. The smallest absolute Gasteiger partial charge is 0.294 e. The number of para-hydroxylation sites is 1. The molecule has 8 heteroatoms. The zero-order valence-corrected chi connectivity index (χ0v) is 17.7. The third kappa shape index (κ3) is 4.96. The topological polar surface area (TPSA) is 69.7 Å². The molecular weight excluding hydrogens is 417 g/mol. The van der Waals surface area contributed by atoms with Gasteiger partial charge in [-0.25, -0.2) is 4.39 Å². The largest absolute Gasteiger partial charge is 0.372 e. The number of imide groups is 1. The van der Waals surface area contributed by atoms with Crippen LogP contribution < -0.4 is 10.2 Å². The first kappa shape index (κ1) is 21.1. The predicted octanol–water partition coefficient (Wildman–Crippen LogP) is 4.49. The number of benzene rings is 2. The lowest BCUT2D eigenvalue weighted by atomic mass is 10.1. The van der Waals surface area contributed by atoms with Gasteiger partial charge in [-0.05, 0) is 66.9 Å². The van der Waals surface area contributed by atoms with E-state index < -0.39 is 29.4 Å². The van der Waals surface area contributed by atoms with E-state index in [0.29, 0.717) is 0 Å². The average Bonchev–Trinajstić information content (AvgIpc) is 3.04. The summed E-state index contributed by atoms with van der Waals surface area (Å²) >= 11 is 0.794. The van der Waals surface area contributed by atoms with E-state index >= 15 is 0 Å². The number of nitrogens with one attached hydrogen (secondary N) is 1. The number of carbonyl (C=O) groups excluding carboxylic acids is 3. The highest BCUT2D eigenvalue weighted by Gasteiger charge is 2.36. The molecule has 0 unspecified atom stereocenters. The van der Waals surface area contributed by atoms with Crippen LogP contribution in [0, 0.1) is 5.82 Å². The lowest BCUT2D eigenvalue weighted by Gasteiger charge is -2.28. The molecule has 3 amide bonds. The van der Waals surface area contributed by atoms with Gasteiger partial charge in [0, 0.05) is 18.8 Å². The number of rotatable bonds is 5. The molecule has 0 atom stereocenters. The molecule has 2 saturated heterocycles. The number of thioether (sulfide) groups is 1. The summed E-state index contributed by atoms with van der Waals surface area (Å²) in [7, 11) is 0. The normalized spacial score (nSPS) is 18.0. The third-order valence-corrected chi connectivity index (χ3v) is 6.14. The third-order valence-electron chi connectivity index (χ3n) is 5.24. The monoisotopic (exact) mass is 439 g/mol. The zero-order chi connectivity index (χ0) is 21.8. The fourth-order valence-electron chi connectivity index (χ4n) is 3.62. The van der Waals surface area contributed by atoms with Gasteiger partial charge in [-0.15, -0.1) is 0 Å². The molecule has 2 fully saturated rings. The molecule has 0 spiro atoms. The Kier molecular flexibility index (Phi) is 6.36. The van der Waals surface area contributed by atoms with Crippen molar-refractivity contribution in [3.05, 3.63) is 64.8 Å². The predicted molar refractivity (Wildman–Crippen MR) is 120 cm³/mol. The van der Waals surface area contributed by atoms with Crippen LogP contribution in [0.15, 0.2) is 53.4 Å². The summed E-state index contributed by atoms with van der Waals surface area (Å²) in [5.74, 6) is -1.75. The molecule has 0 bridgehead atoms. The van der Waals surface area contributed by atoms with Crippen molar-refractivity contribution in [1.29, 1.82) is 0 Å². The van der Waals surface area contributed by atoms with E-state index in [-0.39, 0.29) is 10.6 Å². The molecule has 0 saturated carbocycles. The van der Waals surface area contributed by atoms with Crippen LogP contribution in [0.5, 0.6) is 0 Å². The number of hydrogen-bond donors (Lipinski definition) is 1. The van der Waals surface area contributed by atoms with Gasteiger partial charge in [-0.3, -0.25) is 19.3 Å². The minimum atomic E-state index is -0.639. The van der Waals surface area contributed by atoms with E-state index in [9.17, 15) is 18.8 Å². The SMILES string of the molecule is O=C(CN1C(=O)S/C(=C\c2ccc(N3CCCCC3)cc2)C1=O)Nc1ccccc1F. The summed E-state index contributed by atoms with van der Waals surface area (Å²) in [6, 6.07) is 13.6. The van der Waals surface area contributed by atoms with E-state index in [2.05, 4.69) is 10.2 Å². The number of carbonyl (C=O) groups is 3. The van der Waals surface area contributed by atoms with Crippen molar-refractivity contribution in [3.63, 3.8) is 0 Å². The van der Waals surface area contributed by atoms with Crippen molar-refractivity contribution in [2.24, 2.45) is 0 Å². The minimum absolute atomic E-state index is 0.00353. The van der Waals surface area contributed by atoms with Crippen molar-refractivity contribution in [1.82, 2.24) is 4.90 Å². The molecule has 160 valence electrons. The van der Waals surface area contributed by atoms with Crippen LogP contribution in [0.1, 0.15) is 24.8 Å². The lowest BCUT2D eigenvalue weighted by Crippen LogP contribution is -2.36. The second-order valence-corrected chi connectivity index (χ2v) is 8.43. The molecule has 2 aliphatic heterocycles. The minimum Gasteiger partial charge on any atom is -0.372 e. The lowest BCUT2D eigenvalue weighted by molar-refractivity contribution is -0.127. The molecule has 0 radical (unpaired) electrons. The van der Waals surface area contributed by atoms with Crippen LogP contribution in [0.25, 0.3) is 6.08 Å². The molecule has 1 N–H and O–H groups in total. The Morgan fingerprint density at radius 3 is 2.45 bits per heavy atom. The second-order valence-electron chi connectivity index (χ2n) is 7.44. The first-order chi connectivity index (χ1) is 15.0. The molecule has 4 rings (SSSR count). The Morgan fingerprint density at radius 1 is 1.03 bits per heavy atom.